The lowest BCUT2D eigenvalue weighted by Gasteiger charge is -2.06. The molecule has 0 radical (unpaired) electrons. The molecule has 4 rings (SSSR count). The second kappa shape index (κ2) is 4.85. The smallest absolute Gasteiger partial charge is 0.267 e. The Morgan fingerprint density at radius 1 is 1.29 bits per heavy atom. The van der Waals surface area contributed by atoms with Gasteiger partial charge in [0.15, 0.2) is 5.16 Å². The fourth-order valence-corrected chi connectivity index (χ4v) is 3.44. The number of aromatic amines is 1. The first-order chi connectivity index (χ1) is 10.2. The molecule has 1 aromatic carbocycles. The summed E-state index contributed by atoms with van der Waals surface area (Å²) in [5, 5.41) is 8.99. The SMILES string of the molecule is O=c1[nH]nc(Sc2nc(Cl)nc3ccccc23)n1C1CC1. The molecule has 1 fully saturated rings. The minimum atomic E-state index is -0.176. The number of H-pyrrole nitrogens is 1. The molecular formula is C13H10ClN5OS. The predicted molar refractivity (Wildman–Crippen MR) is 79.8 cm³/mol. The summed E-state index contributed by atoms with van der Waals surface area (Å²) < 4.78 is 1.69. The van der Waals surface area contributed by atoms with Crippen LogP contribution in [-0.2, 0) is 0 Å². The van der Waals surface area contributed by atoms with E-state index in [9.17, 15) is 4.79 Å². The van der Waals surface area contributed by atoms with Gasteiger partial charge < -0.3 is 0 Å². The number of rotatable bonds is 3. The molecule has 1 aliphatic carbocycles. The Kier molecular flexibility index (Phi) is 2.97. The lowest BCUT2D eigenvalue weighted by molar-refractivity contribution is 0.642. The summed E-state index contributed by atoms with van der Waals surface area (Å²) in [6, 6.07) is 7.88. The Hall–Kier alpha value is -1.86. The Bertz CT molecular complexity index is 886. The third-order valence-corrected chi connectivity index (χ3v) is 4.46. The van der Waals surface area contributed by atoms with Crippen molar-refractivity contribution in [2.45, 2.75) is 29.1 Å². The van der Waals surface area contributed by atoms with Crippen LogP contribution in [0.4, 0.5) is 0 Å². The van der Waals surface area contributed by atoms with Crippen molar-refractivity contribution in [1.29, 1.82) is 0 Å². The van der Waals surface area contributed by atoms with E-state index in [0.717, 1.165) is 23.7 Å². The van der Waals surface area contributed by atoms with E-state index in [1.807, 2.05) is 24.3 Å². The van der Waals surface area contributed by atoms with Gasteiger partial charge in [-0.3, -0.25) is 4.57 Å². The van der Waals surface area contributed by atoms with E-state index in [1.165, 1.54) is 11.8 Å². The van der Waals surface area contributed by atoms with Crippen LogP contribution in [0.15, 0.2) is 39.2 Å². The Morgan fingerprint density at radius 2 is 2.10 bits per heavy atom. The van der Waals surface area contributed by atoms with Gasteiger partial charge in [0.2, 0.25) is 5.28 Å². The molecule has 1 N–H and O–H groups in total. The maximum absolute atomic E-state index is 11.8. The van der Waals surface area contributed by atoms with Crippen LogP contribution in [0.3, 0.4) is 0 Å². The molecule has 0 aliphatic heterocycles. The first-order valence-corrected chi connectivity index (χ1v) is 7.69. The van der Waals surface area contributed by atoms with Crippen LogP contribution in [0.25, 0.3) is 10.9 Å². The predicted octanol–water partition coefficient (Wildman–Crippen LogP) is 2.65. The minimum absolute atomic E-state index is 0.176. The summed E-state index contributed by atoms with van der Waals surface area (Å²) in [5.74, 6) is 0. The number of fused-ring (bicyclic) bond motifs is 1. The van der Waals surface area contributed by atoms with Crippen molar-refractivity contribution in [3.63, 3.8) is 0 Å². The number of halogens is 1. The quantitative estimate of drug-likeness (QED) is 0.593. The summed E-state index contributed by atoms with van der Waals surface area (Å²) in [7, 11) is 0. The molecule has 2 heterocycles. The molecule has 2 aromatic heterocycles. The van der Waals surface area contributed by atoms with Crippen molar-refractivity contribution in [2.24, 2.45) is 0 Å². The summed E-state index contributed by atoms with van der Waals surface area (Å²) in [4.78, 5) is 20.3. The molecule has 0 unspecified atom stereocenters. The number of nitrogens with zero attached hydrogens (tertiary/aromatic N) is 4. The lowest BCUT2D eigenvalue weighted by atomic mass is 10.2. The van der Waals surface area contributed by atoms with Crippen LogP contribution in [0.2, 0.25) is 5.28 Å². The molecule has 1 aliphatic rings. The number of aromatic nitrogens is 5. The summed E-state index contributed by atoms with van der Waals surface area (Å²) in [5.41, 5.74) is 0.598. The highest BCUT2D eigenvalue weighted by atomic mass is 35.5. The van der Waals surface area contributed by atoms with E-state index >= 15 is 0 Å². The zero-order valence-corrected chi connectivity index (χ0v) is 12.4. The van der Waals surface area contributed by atoms with Crippen LogP contribution in [0.1, 0.15) is 18.9 Å². The zero-order valence-electron chi connectivity index (χ0n) is 10.8. The topological polar surface area (TPSA) is 76.5 Å². The summed E-state index contributed by atoms with van der Waals surface area (Å²) in [6.07, 6.45) is 2.02. The number of benzene rings is 1. The Morgan fingerprint density at radius 3 is 2.90 bits per heavy atom. The third-order valence-electron chi connectivity index (χ3n) is 3.31. The number of hydrogen-bond acceptors (Lipinski definition) is 5. The fourth-order valence-electron chi connectivity index (χ4n) is 2.20. The van der Waals surface area contributed by atoms with Gasteiger partial charge in [-0.15, -0.1) is 5.10 Å². The van der Waals surface area contributed by atoms with E-state index < -0.39 is 0 Å². The highest BCUT2D eigenvalue weighted by Gasteiger charge is 2.29. The molecule has 0 spiro atoms. The van der Waals surface area contributed by atoms with Gasteiger partial charge in [-0.1, -0.05) is 18.2 Å². The maximum Gasteiger partial charge on any atom is 0.344 e. The van der Waals surface area contributed by atoms with Gasteiger partial charge >= 0.3 is 5.69 Å². The molecule has 21 heavy (non-hydrogen) atoms. The molecule has 106 valence electrons. The molecular weight excluding hydrogens is 310 g/mol. The third kappa shape index (κ3) is 2.32. The first kappa shape index (κ1) is 12.8. The van der Waals surface area contributed by atoms with Crippen molar-refractivity contribution < 1.29 is 0 Å². The van der Waals surface area contributed by atoms with Crippen LogP contribution < -0.4 is 5.69 Å². The normalized spacial score (nSPS) is 14.7. The molecule has 3 aromatic rings. The van der Waals surface area contributed by atoms with Gasteiger partial charge in [0.05, 0.1) is 5.52 Å². The molecule has 6 nitrogen and oxygen atoms in total. The average Bonchev–Trinajstić information content (AvgIpc) is 3.23. The van der Waals surface area contributed by atoms with Crippen LogP contribution >= 0.6 is 23.4 Å². The van der Waals surface area contributed by atoms with E-state index in [2.05, 4.69) is 20.2 Å². The minimum Gasteiger partial charge on any atom is -0.267 e. The maximum atomic E-state index is 11.8. The van der Waals surface area contributed by atoms with E-state index in [0.29, 0.717) is 10.2 Å². The van der Waals surface area contributed by atoms with Gasteiger partial charge in [-0.2, -0.15) is 0 Å². The fraction of sp³-hybridized carbons (Fsp3) is 0.231. The molecule has 1 saturated carbocycles. The van der Waals surface area contributed by atoms with Gasteiger partial charge in [0, 0.05) is 11.4 Å². The molecule has 0 saturated heterocycles. The summed E-state index contributed by atoms with van der Waals surface area (Å²) >= 11 is 7.31. The standard InChI is InChI=1S/C13H10ClN5OS/c14-11-15-9-4-2-1-3-8(9)10(16-11)21-13-18-17-12(20)19(13)7-5-6-7/h1-4,7H,5-6H2,(H,17,20). The second-order valence-electron chi connectivity index (χ2n) is 4.83. The molecule has 0 atom stereocenters. The van der Waals surface area contributed by atoms with Crippen molar-refractivity contribution >= 4 is 34.3 Å². The van der Waals surface area contributed by atoms with Crippen LogP contribution in [0.5, 0.6) is 0 Å². The monoisotopic (exact) mass is 319 g/mol. The van der Waals surface area contributed by atoms with Crippen molar-refractivity contribution in [3.8, 4) is 0 Å². The average molecular weight is 320 g/mol. The lowest BCUT2D eigenvalue weighted by Crippen LogP contribution is -2.16. The number of para-hydroxylation sites is 1. The zero-order chi connectivity index (χ0) is 14.4. The largest absolute Gasteiger partial charge is 0.344 e. The van der Waals surface area contributed by atoms with Crippen LogP contribution in [-0.4, -0.2) is 24.7 Å². The van der Waals surface area contributed by atoms with Crippen molar-refractivity contribution in [1.82, 2.24) is 24.7 Å². The summed E-state index contributed by atoms with van der Waals surface area (Å²) in [6.45, 7) is 0. The number of hydrogen-bond donors (Lipinski definition) is 1. The first-order valence-electron chi connectivity index (χ1n) is 6.49. The van der Waals surface area contributed by atoms with Crippen molar-refractivity contribution in [2.75, 3.05) is 0 Å². The second-order valence-corrected chi connectivity index (χ2v) is 6.12. The Balaban J connectivity index is 1.83. The van der Waals surface area contributed by atoms with Gasteiger partial charge in [-0.05, 0) is 42.3 Å². The molecule has 0 amide bonds. The van der Waals surface area contributed by atoms with E-state index in [-0.39, 0.29) is 17.0 Å². The van der Waals surface area contributed by atoms with Crippen LogP contribution in [0, 0.1) is 0 Å². The van der Waals surface area contributed by atoms with Gasteiger partial charge in [0.1, 0.15) is 5.03 Å². The highest BCUT2D eigenvalue weighted by molar-refractivity contribution is 7.99. The Labute approximate surface area is 128 Å². The van der Waals surface area contributed by atoms with E-state index in [1.54, 1.807) is 4.57 Å². The highest BCUT2D eigenvalue weighted by Crippen LogP contribution is 2.38. The van der Waals surface area contributed by atoms with E-state index in [4.69, 9.17) is 11.6 Å². The van der Waals surface area contributed by atoms with Crippen molar-refractivity contribution in [3.05, 3.63) is 40.0 Å². The molecule has 0 bridgehead atoms. The number of nitrogens with one attached hydrogen (secondary N) is 1. The molecule has 8 heteroatoms. The van der Waals surface area contributed by atoms with Gasteiger partial charge in [-0.25, -0.2) is 19.9 Å². The van der Waals surface area contributed by atoms with Gasteiger partial charge in [0.25, 0.3) is 0 Å².